The highest BCUT2D eigenvalue weighted by Gasteiger charge is 2.13. The van der Waals surface area contributed by atoms with Gasteiger partial charge >= 0.3 is 5.97 Å². The standard InChI is InChI=1S/C23H24N2O6/c1-16-4-7-19(8-5-16)30-15-22(26)31-20-9-6-17(13-21(20)29-3)12-18(14-24)23(27)25-10-11-28-2/h4-9,12-13H,10-11,15H2,1-3H3,(H,25,27)/b18-12+. The van der Waals surface area contributed by atoms with E-state index in [9.17, 15) is 14.9 Å². The van der Waals surface area contributed by atoms with Crippen molar-refractivity contribution in [1.29, 1.82) is 5.26 Å². The van der Waals surface area contributed by atoms with Crippen molar-refractivity contribution in [2.45, 2.75) is 6.92 Å². The van der Waals surface area contributed by atoms with Crippen molar-refractivity contribution in [3.63, 3.8) is 0 Å². The number of aryl methyl sites for hydroxylation is 1. The Morgan fingerprint density at radius 2 is 1.84 bits per heavy atom. The Morgan fingerprint density at radius 3 is 2.48 bits per heavy atom. The maximum Gasteiger partial charge on any atom is 0.349 e. The highest BCUT2D eigenvalue weighted by Crippen LogP contribution is 2.29. The summed E-state index contributed by atoms with van der Waals surface area (Å²) in [7, 11) is 2.94. The molecule has 0 aliphatic heterocycles. The van der Waals surface area contributed by atoms with E-state index in [4.69, 9.17) is 18.9 Å². The van der Waals surface area contributed by atoms with Gasteiger partial charge in [-0.3, -0.25) is 4.79 Å². The van der Waals surface area contributed by atoms with Crippen LogP contribution in [0.1, 0.15) is 11.1 Å². The molecule has 8 nitrogen and oxygen atoms in total. The van der Waals surface area contributed by atoms with E-state index in [1.54, 1.807) is 24.3 Å². The number of nitriles is 1. The van der Waals surface area contributed by atoms with Crippen LogP contribution in [-0.2, 0) is 14.3 Å². The number of carbonyl (C=O) groups is 2. The van der Waals surface area contributed by atoms with E-state index in [0.717, 1.165) is 5.56 Å². The average Bonchev–Trinajstić information content (AvgIpc) is 2.78. The van der Waals surface area contributed by atoms with Gasteiger partial charge in [-0.25, -0.2) is 4.79 Å². The molecule has 0 bridgehead atoms. The molecule has 2 aromatic rings. The molecular formula is C23H24N2O6. The fraction of sp³-hybridized carbons (Fsp3) is 0.261. The van der Waals surface area contributed by atoms with Crippen LogP contribution in [0.2, 0.25) is 0 Å². The zero-order chi connectivity index (χ0) is 22.6. The number of rotatable bonds is 10. The smallest absolute Gasteiger partial charge is 0.349 e. The number of benzene rings is 2. The number of nitrogens with one attached hydrogen (secondary N) is 1. The second-order valence-electron chi connectivity index (χ2n) is 6.40. The van der Waals surface area contributed by atoms with Gasteiger partial charge in [-0.1, -0.05) is 23.8 Å². The van der Waals surface area contributed by atoms with Crippen molar-refractivity contribution in [2.75, 3.05) is 34.0 Å². The second kappa shape index (κ2) is 12.0. The molecule has 8 heteroatoms. The molecule has 0 saturated heterocycles. The Balaban J connectivity index is 2.04. The predicted octanol–water partition coefficient (Wildman–Crippen LogP) is 2.66. The minimum Gasteiger partial charge on any atom is -0.493 e. The normalized spacial score (nSPS) is 10.7. The number of esters is 1. The van der Waals surface area contributed by atoms with Crippen LogP contribution >= 0.6 is 0 Å². The molecule has 0 heterocycles. The van der Waals surface area contributed by atoms with Gasteiger partial charge in [0.25, 0.3) is 5.91 Å². The topological polar surface area (TPSA) is 107 Å². The van der Waals surface area contributed by atoms with Gasteiger partial charge in [0.2, 0.25) is 0 Å². The number of carbonyl (C=O) groups excluding carboxylic acids is 2. The largest absolute Gasteiger partial charge is 0.493 e. The van der Waals surface area contributed by atoms with Gasteiger partial charge in [-0.2, -0.15) is 5.26 Å². The van der Waals surface area contributed by atoms with Crippen molar-refractivity contribution in [3.05, 3.63) is 59.2 Å². The van der Waals surface area contributed by atoms with Crippen LogP contribution in [0.15, 0.2) is 48.0 Å². The van der Waals surface area contributed by atoms with Crippen LogP contribution < -0.4 is 19.5 Å². The summed E-state index contributed by atoms with van der Waals surface area (Å²) in [6.45, 7) is 2.31. The number of nitrogens with zero attached hydrogens (tertiary/aromatic N) is 1. The molecule has 0 fully saturated rings. The zero-order valence-corrected chi connectivity index (χ0v) is 17.6. The van der Waals surface area contributed by atoms with Crippen molar-refractivity contribution in [3.8, 4) is 23.3 Å². The van der Waals surface area contributed by atoms with Gasteiger partial charge in [0.05, 0.1) is 13.7 Å². The van der Waals surface area contributed by atoms with Crippen molar-refractivity contribution in [1.82, 2.24) is 5.32 Å². The number of ether oxygens (including phenoxy) is 4. The Morgan fingerprint density at radius 1 is 1.10 bits per heavy atom. The predicted molar refractivity (Wildman–Crippen MR) is 114 cm³/mol. The van der Waals surface area contributed by atoms with E-state index < -0.39 is 11.9 Å². The van der Waals surface area contributed by atoms with Gasteiger partial charge in [0.1, 0.15) is 17.4 Å². The first-order valence-corrected chi connectivity index (χ1v) is 9.44. The lowest BCUT2D eigenvalue weighted by Crippen LogP contribution is -2.27. The number of hydrogen-bond acceptors (Lipinski definition) is 7. The molecular weight excluding hydrogens is 400 g/mol. The summed E-state index contributed by atoms with van der Waals surface area (Å²) >= 11 is 0. The SMILES string of the molecule is COCCNC(=O)/C(C#N)=C/c1ccc(OC(=O)COc2ccc(C)cc2)c(OC)c1. The first-order chi connectivity index (χ1) is 15.0. The molecule has 2 aromatic carbocycles. The Bertz CT molecular complexity index is 977. The monoisotopic (exact) mass is 424 g/mol. The van der Waals surface area contributed by atoms with Gasteiger partial charge in [0.15, 0.2) is 18.1 Å². The van der Waals surface area contributed by atoms with Crippen LogP contribution in [0.5, 0.6) is 17.2 Å². The fourth-order valence-corrected chi connectivity index (χ4v) is 2.46. The number of methoxy groups -OCH3 is 2. The third kappa shape index (κ3) is 7.49. The Hall–Kier alpha value is -3.83. The summed E-state index contributed by atoms with van der Waals surface area (Å²) in [4.78, 5) is 24.2. The van der Waals surface area contributed by atoms with E-state index in [-0.39, 0.29) is 30.2 Å². The highest BCUT2D eigenvalue weighted by atomic mass is 16.6. The molecule has 1 amide bonds. The maximum absolute atomic E-state index is 12.1. The lowest BCUT2D eigenvalue weighted by atomic mass is 10.1. The van der Waals surface area contributed by atoms with Gasteiger partial charge in [0, 0.05) is 13.7 Å². The molecule has 0 aliphatic carbocycles. The lowest BCUT2D eigenvalue weighted by Gasteiger charge is -2.11. The van der Waals surface area contributed by atoms with Crippen molar-refractivity contribution >= 4 is 18.0 Å². The Labute approximate surface area is 181 Å². The molecule has 1 N–H and O–H groups in total. The molecule has 0 atom stereocenters. The second-order valence-corrected chi connectivity index (χ2v) is 6.40. The van der Waals surface area contributed by atoms with Gasteiger partial charge in [-0.15, -0.1) is 0 Å². The summed E-state index contributed by atoms with van der Waals surface area (Å²) in [5.41, 5.74) is 1.54. The average molecular weight is 424 g/mol. The summed E-state index contributed by atoms with van der Waals surface area (Å²) in [5.74, 6) is -0.0859. The number of hydrogen-bond donors (Lipinski definition) is 1. The van der Waals surface area contributed by atoms with E-state index >= 15 is 0 Å². The summed E-state index contributed by atoms with van der Waals surface area (Å²) < 4.78 is 20.9. The van der Waals surface area contributed by atoms with Crippen molar-refractivity contribution in [2.24, 2.45) is 0 Å². The molecule has 162 valence electrons. The summed E-state index contributed by atoms with van der Waals surface area (Å²) in [5, 5.41) is 11.8. The van der Waals surface area contributed by atoms with Gasteiger partial charge < -0.3 is 24.3 Å². The van der Waals surface area contributed by atoms with Crippen molar-refractivity contribution < 1.29 is 28.5 Å². The minimum absolute atomic E-state index is 0.0746. The van der Waals surface area contributed by atoms with Gasteiger partial charge in [-0.05, 0) is 42.8 Å². The van der Waals surface area contributed by atoms with E-state index in [0.29, 0.717) is 17.9 Å². The van der Waals surface area contributed by atoms with E-state index in [1.807, 2.05) is 25.1 Å². The first-order valence-electron chi connectivity index (χ1n) is 9.44. The fourth-order valence-electron chi connectivity index (χ4n) is 2.46. The molecule has 0 aromatic heterocycles. The molecule has 0 saturated carbocycles. The molecule has 2 rings (SSSR count). The summed E-state index contributed by atoms with van der Waals surface area (Å²) in [6.07, 6.45) is 1.41. The first kappa shape index (κ1) is 23.4. The Kier molecular flexibility index (Phi) is 9.08. The van der Waals surface area contributed by atoms with Crippen LogP contribution in [0.4, 0.5) is 0 Å². The molecule has 0 unspecified atom stereocenters. The van der Waals surface area contributed by atoms with E-state index in [2.05, 4.69) is 5.32 Å². The lowest BCUT2D eigenvalue weighted by molar-refractivity contribution is -0.136. The minimum atomic E-state index is -0.600. The van der Waals surface area contributed by atoms with Crippen LogP contribution in [0.25, 0.3) is 6.08 Å². The molecule has 0 radical (unpaired) electrons. The quantitative estimate of drug-likeness (QED) is 0.205. The maximum atomic E-state index is 12.1. The molecule has 0 spiro atoms. The van der Waals surface area contributed by atoms with E-state index in [1.165, 1.54) is 26.4 Å². The number of amides is 1. The highest BCUT2D eigenvalue weighted by molar-refractivity contribution is 6.01. The third-order valence-corrected chi connectivity index (χ3v) is 4.06. The zero-order valence-electron chi connectivity index (χ0n) is 17.6. The van der Waals surface area contributed by atoms with Crippen LogP contribution in [0.3, 0.4) is 0 Å². The molecule has 0 aliphatic rings. The van der Waals surface area contributed by atoms with Crippen LogP contribution in [-0.4, -0.2) is 45.9 Å². The third-order valence-electron chi connectivity index (χ3n) is 4.06. The summed E-state index contributed by atoms with van der Waals surface area (Å²) in [6, 6.07) is 13.8. The molecule has 31 heavy (non-hydrogen) atoms. The van der Waals surface area contributed by atoms with Crippen LogP contribution in [0, 0.1) is 18.3 Å².